The predicted octanol–water partition coefficient (Wildman–Crippen LogP) is -0.160. The fourth-order valence-electron chi connectivity index (χ4n) is 0.717. The van der Waals surface area contributed by atoms with E-state index in [1.165, 1.54) is 0 Å². The third-order valence-corrected chi connectivity index (χ3v) is 1.70. The lowest BCUT2D eigenvalue weighted by atomic mass is 10.3. The van der Waals surface area contributed by atoms with Crippen molar-refractivity contribution in [1.29, 1.82) is 0 Å². The molecule has 0 radical (unpaired) electrons. The first-order chi connectivity index (χ1) is 6.24. The summed E-state index contributed by atoms with van der Waals surface area (Å²) in [6.07, 6.45) is 1.03. The summed E-state index contributed by atoms with van der Waals surface area (Å²) in [5.41, 5.74) is 2.51. The SMILES string of the molecule is CCC(C)NC(=NCCOC)NN. The molecule has 0 aromatic heterocycles. The Labute approximate surface area is 79.7 Å². The van der Waals surface area contributed by atoms with Crippen LogP contribution < -0.4 is 16.6 Å². The number of hydrazine groups is 1. The molecule has 0 aromatic rings. The summed E-state index contributed by atoms with van der Waals surface area (Å²) in [7, 11) is 1.65. The van der Waals surface area contributed by atoms with Crippen molar-refractivity contribution in [2.45, 2.75) is 26.3 Å². The Morgan fingerprint density at radius 3 is 2.77 bits per heavy atom. The molecule has 0 saturated carbocycles. The number of nitrogens with one attached hydrogen (secondary N) is 2. The Kier molecular flexibility index (Phi) is 7.33. The van der Waals surface area contributed by atoms with Gasteiger partial charge < -0.3 is 10.1 Å². The van der Waals surface area contributed by atoms with E-state index in [2.05, 4.69) is 29.6 Å². The molecule has 0 aliphatic heterocycles. The molecular weight excluding hydrogens is 168 g/mol. The number of hydrogen-bond acceptors (Lipinski definition) is 3. The Balaban J connectivity index is 3.79. The lowest BCUT2D eigenvalue weighted by Crippen LogP contribution is -2.45. The van der Waals surface area contributed by atoms with Gasteiger partial charge in [0.15, 0.2) is 0 Å². The average molecular weight is 188 g/mol. The number of hydrogen-bond donors (Lipinski definition) is 3. The normalized spacial score (nSPS) is 14.0. The molecule has 0 aliphatic carbocycles. The van der Waals surface area contributed by atoms with Crippen LogP contribution in [0.5, 0.6) is 0 Å². The van der Waals surface area contributed by atoms with Crippen LogP contribution in [0.25, 0.3) is 0 Å². The summed E-state index contributed by atoms with van der Waals surface area (Å²) in [6, 6.07) is 0.373. The van der Waals surface area contributed by atoms with Crippen LogP contribution in [0.1, 0.15) is 20.3 Å². The number of nitrogens with two attached hydrogens (primary N) is 1. The molecule has 0 fully saturated rings. The standard InChI is InChI=1S/C8H20N4O/c1-4-7(2)11-8(12-9)10-5-6-13-3/h7H,4-6,9H2,1-3H3,(H2,10,11,12). The number of methoxy groups -OCH3 is 1. The van der Waals surface area contributed by atoms with Crippen LogP contribution in [0.4, 0.5) is 0 Å². The maximum absolute atomic E-state index is 5.27. The van der Waals surface area contributed by atoms with Crippen molar-refractivity contribution in [2.75, 3.05) is 20.3 Å². The van der Waals surface area contributed by atoms with Gasteiger partial charge in [0.05, 0.1) is 13.2 Å². The lowest BCUT2D eigenvalue weighted by molar-refractivity contribution is 0.208. The molecule has 1 atom stereocenters. The number of nitrogens with zero attached hydrogens (tertiary/aromatic N) is 1. The van der Waals surface area contributed by atoms with Crippen molar-refractivity contribution in [1.82, 2.24) is 10.7 Å². The van der Waals surface area contributed by atoms with Gasteiger partial charge in [-0.2, -0.15) is 0 Å². The van der Waals surface area contributed by atoms with Crippen molar-refractivity contribution >= 4 is 5.96 Å². The van der Waals surface area contributed by atoms with Crippen molar-refractivity contribution in [3.8, 4) is 0 Å². The summed E-state index contributed by atoms with van der Waals surface area (Å²) in [5, 5.41) is 3.13. The number of guanidine groups is 1. The summed E-state index contributed by atoms with van der Waals surface area (Å²) in [6.45, 7) is 5.39. The summed E-state index contributed by atoms with van der Waals surface area (Å²) < 4.78 is 4.86. The smallest absolute Gasteiger partial charge is 0.206 e. The van der Waals surface area contributed by atoms with E-state index in [0.29, 0.717) is 25.2 Å². The molecule has 0 amide bonds. The number of rotatable bonds is 5. The zero-order chi connectivity index (χ0) is 10.1. The van der Waals surface area contributed by atoms with E-state index >= 15 is 0 Å². The topological polar surface area (TPSA) is 71.7 Å². The Morgan fingerprint density at radius 2 is 2.31 bits per heavy atom. The van der Waals surface area contributed by atoms with E-state index in [0.717, 1.165) is 6.42 Å². The number of aliphatic imine (C=N–C) groups is 1. The Morgan fingerprint density at radius 1 is 1.62 bits per heavy atom. The minimum Gasteiger partial charge on any atom is -0.383 e. The molecule has 0 rings (SSSR count). The molecule has 78 valence electrons. The fourth-order valence-corrected chi connectivity index (χ4v) is 0.717. The second-order valence-electron chi connectivity index (χ2n) is 2.82. The van der Waals surface area contributed by atoms with Gasteiger partial charge in [0, 0.05) is 13.2 Å². The van der Waals surface area contributed by atoms with Gasteiger partial charge in [0.25, 0.3) is 0 Å². The van der Waals surface area contributed by atoms with Crippen molar-refractivity contribution < 1.29 is 4.74 Å². The lowest BCUT2D eigenvalue weighted by Gasteiger charge is -2.14. The quantitative estimate of drug-likeness (QED) is 0.184. The van der Waals surface area contributed by atoms with Crippen LogP contribution in [0.15, 0.2) is 4.99 Å². The molecule has 0 bridgehead atoms. The maximum atomic E-state index is 5.27. The van der Waals surface area contributed by atoms with Gasteiger partial charge in [0.2, 0.25) is 5.96 Å². The Bertz CT molecular complexity index is 149. The minimum atomic E-state index is 0.373. The van der Waals surface area contributed by atoms with Crippen LogP contribution in [-0.4, -0.2) is 32.3 Å². The van der Waals surface area contributed by atoms with E-state index < -0.39 is 0 Å². The van der Waals surface area contributed by atoms with Gasteiger partial charge in [-0.3, -0.25) is 5.43 Å². The van der Waals surface area contributed by atoms with Crippen molar-refractivity contribution in [3.05, 3.63) is 0 Å². The van der Waals surface area contributed by atoms with Crippen molar-refractivity contribution in [2.24, 2.45) is 10.8 Å². The van der Waals surface area contributed by atoms with E-state index in [1.807, 2.05) is 0 Å². The second kappa shape index (κ2) is 7.82. The molecule has 4 N–H and O–H groups in total. The van der Waals surface area contributed by atoms with Crippen molar-refractivity contribution in [3.63, 3.8) is 0 Å². The fraction of sp³-hybridized carbons (Fsp3) is 0.875. The summed E-state index contributed by atoms with van der Waals surface area (Å²) in [4.78, 5) is 4.16. The van der Waals surface area contributed by atoms with Gasteiger partial charge in [-0.15, -0.1) is 0 Å². The Hall–Kier alpha value is -0.810. The van der Waals surface area contributed by atoms with E-state index in [1.54, 1.807) is 7.11 Å². The van der Waals surface area contributed by atoms with Gasteiger partial charge in [0.1, 0.15) is 0 Å². The molecular formula is C8H20N4O. The molecule has 0 aliphatic rings. The summed E-state index contributed by atoms with van der Waals surface area (Å²) in [5.74, 6) is 5.89. The predicted molar refractivity (Wildman–Crippen MR) is 54.4 cm³/mol. The van der Waals surface area contributed by atoms with Gasteiger partial charge in [-0.1, -0.05) is 6.92 Å². The first-order valence-electron chi connectivity index (χ1n) is 4.51. The van der Waals surface area contributed by atoms with Crippen LogP contribution >= 0.6 is 0 Å². The zero-order valence-electron chi connectivity index (χ0n) is 8.63. The zero-order valence-corrected chi connectivity index (χ0v) is 8.63. The van der Waals surface area contributed by atoms with Crippen LogP contribution in [-0.2, 0) is 4.74 Å². The highest BCUT2D eigenvalue weighted by Crippen LogP contribution is 1.86. The molecule has 1 unspecified atom stereocenters. The van der Waals surface area contributed by atoms with Crippen LogP contribution in [0, 0.1) is 0 Å². The molecule has 5 heteroatoms. The van der Waals surface area contributed by atoms with Crippen LogP contribution in [0.3, 0.4) is 0 Å². The molecule has 0 heterocycles. The molecule has 13 heavy (non-hydrogen) atoms. The molecule has 0 aromatic carbocycles. The first kappa shape index (κ1) is 12.2. The highest BCUT2D eigenvalue weighted by Gasteiger charge is 2.00. The third kappa shape index (κ3) is 6.36. The monoisotopic (exact) mass is 188 g/mol. The third-order valence-electron chi connectivity index (χ3n) is 1.70. The maximum Gasteiger partial charge on any atom is 0.206 e. The van der Waals surface area contributed by atoms with E-state index in [9.17, 15) is 0 Å². The van der Waals surface area contributed by atoms with Crippen LogP contribution in [0.2, 0.25) is 0 Å². The van der Waals surface area contributed by atoms with E-state index in [4.69, 9.17) is 10.6 Å². The van der Waals surface area contributed by atoms with Gasteiger partial charge >= 0.3 is 0 Å². The first-order valence-corrected chi connectivity index (χ1v) is 4.51. The highest BCUT2D eigenvalue weighted by molar-refractivity contribution is 5.79. The van der Waals surface area contributed by atoms with E-state index in [-0.39, 0.29) is 0 Å². The highest BCUT2D eigenvalue weighted by atomic mass is 16.5. The van der Waals surface area contributed by atoms with Gasteiger partial charge in [-0.05, 0) is 13.3 Å². The number of ether oxygens (including phenoxy) is 1. The molecule has 0 saturated heterocycles. The van der Waals surface area contributed by atoms with Gasteiger partial charge in [-0.25, -0.2) is 10.8 Å². The second-order valence-corrected chi connectivity index (χ2v) is 2.82. The molecule has 0 spiro atoms. The summed E-state index contributed by atoms with van der Waals surface area (Å²) >= 11 is 0. The average Bonchev–Trinajstić information content (AvgIpc) is 2.16. The molecule has 5 nitrogen and oxygen atoms in total. The minimum absolute atomic E-state index is 0.373. The largest absolute Gasteiger partial charge is 0.383 e.